The van der Waals surface area contributed by atoms with Gasteiger partial charge in [0.05, 0.1) is 16.7 Å². The van der Waals surface area contributed by atoms with Crippen LogP contribution in [-0.4, -0.2) is 31.3 Å². The van der Waals surface area contributed by atoms with Crippen molar-refractivity contribution in [2.24, 2.45) is 0 Å². The Kier molecular flexibility index (Phi) is 8.35. The van der Waals surface area contributed by atoms with Crippen LogP contribution in [0.1, 0.15) is 90.2 Å². The van der Waals surface area contributed by atoms with Crippen molar-refractivity contribution in [3.05, 3.63) is 56.3 Å². The lowest BCUT2D eigenvalue weighted by atomic mass is 9.73. The third-order valence-electron chi connectivity index (χ3n) is 6.67. The van der Waals surface area contributed by atoms with Crippen LogP contribution < -0.4 is 4.72 Å². The lowest BCUT2D eigenvalue weighted by Crippen LogP contribution is -2.29. The fourth-order valence-corrected chi connectivity index (χ4v) is 6.09. The van der Waals surface area contributed by atoms with Crippen LogP contribution in [0, 0.1) is 13.8 Å². The molecule has 0 saturated heterocycles. The Bertz CT molecular complexity index is 1060. The molecule has 0 fully saturated rings. The van der Waals surface area contributed by atoms with E-state index in [0.29, 0.717) is 4.88 Å². The Balaban J connectivity index is 2.44. The van der Waals surface area contributed by atoms with Crippen molar-refractivity contribution < 1.29 is 18.3 Å². The van der Waals surface area contributed by atoms with E-state index in [1.54, 1.807) is 0 Å². The smallest absolute Gasteiger partial charge is 0.275 e. The topological polar surface area (TPSA) is 83.5 Å². The van der Waals surface area contributed by atoms with Crippen molar-refractivity contribution in [1.29, 1.82) is 0 Å². The number of carbonyl (C=O) groups is 1. The Labute approximate surface area is 197 Å². The van der Waals surface area contributed by atoms with Gasteiger partial charge in [-0.1, -0.05) is 39.0 Å². The zero-order valence-corrected chi connectivity index (χ0v) is 22.0. The molecule has 7 heteroatoms. The van der Waals surface area contributed by atoms with Crippen molar-refractivity contribution in [3.8, 4) is 0 Å². The molecule has 1 unspecified atom stereocenters. The monoisotopic (exact) mass is 479 g/mol. The number of rotatable bonds is 10. The van der Waals surface area contributed by atoms with E-state index in [1.807, 2.05) is 26.8 Å². The molecule has 1 atom stereocenters. The molecule has 0 radical (unpaired) electrons. The highest BCUT2D eigenvalue weighted by molar-refractivity contribution is 7.89. The predicted molar refractivity (Wildman–Crippen MR) is 133 cm³/mol. The second kappa shape index (κ2) is 10.1. The van der Waals surface area contributed by atoms with Crippen LogP contribution in [-0.2, 0) is 21.9 Å². The number of aryl methyl sites for hydroxylation is 3. The first kappa shape index (κ1) is 26.6. The van der Waals surface area contributed by atoms with Crippen LogP contribution in [0.4, 0.5) is 0 Å². The highest BCUT2D eigenvalue weighted by Gasteiger charge is 2.34. The van der Waals surface area contributed by atoms with Gasteiger partial charge in [-0.2, -0.15) is 0 Å². The molecule has 1 heterocycles. The van der Waals surface area contributed by atoms with Crippen LogP contribution in [0.2, 0.25) is 0 Å². The van der Waals surface area contributed by atoms with E-state index in [1.165, 1.54) is 28.0 Å². The molecule has 2 aromatic rings. The Morgan fingerprint density at radius 1 is 1.06 bits per heavy atom. The molecule has 0 spiro atoms. The first-order chi connectivity index (χ1) is 14.8. The molecule has 0 aliphatic rings. The summed E-state index contributed by atoms with van der Waals surface area (Å²) in [6.45, 7) is 12.1. The third-order valence-corrected chi connectivity index (χ3v) is 8.67. The highest BCUT2D eigenvalue weighted by atomic mass is 32.2. The quantitative estimate of drug-likeness (QED) is 0.487. The maximum absolute atomic E-state index is 12.5. The lowest BCUT2D eigenvalue weighted by Gasteiger charge is -2.32. The molecule has 178 valence electrons. The summed E-state index contributed by atoms with van der Waals surface area (Å²) in [6, 6.07) is 8.58. The summed E-state index contributed by atoms with van der Waals surface area (Å²) < 4.78 is 25.1. The minimum absolute atomic E-state index is 0.253. The van der Waals surface area contributed by atoms with Crippen molar-refractivity contribution in [2.75, 3.05) is 6.26 Å². The molecule has 32 heavy (non-hydrogen) atoms. The van der Waals surface area contributed by atoms with Crippen molar-refractivity contribution in [2.45, 2.75) is 84.7 Å². The molecule has 0 saturated carbocycles. The van der Waals surface area contributed by atoms with E-state index in [2.05, 4.69) is 43.7 Å². The number of hydrogen-bond donors (Lipinski definition) is 2. The second-order valence-corrected chi connectivity index (χ2v) is 11.9. The van der Waals surface area contributed by atoms with Gasteiger partial charge >= 0.3 is 0 Å². The fourth-order valence-electron chi connectivity index (χ4n) is 4.16. The van der Waals surface area contributed by atoms with Gasteiger partial charge in [0.25, 0.3) is 5.91 Å². The zero-order chi connectivity index (χ0) is 24.3. The molecule has 0 bridgehead atoms. The minimum Gasteiger partial charge on any atom is -0.390 e. The van der Waals surface area contributed by atoms with Crippen LogP contribution in [0.15, 0.2) is 24.3 Å². The van der Waals surface area contributed by atoms with E-state index < -0.39 is 21.5 Å². The maximum Gasteiger partial charge on any atom is 0.275 e. The second-order valence-electron chi connectivity index (χ2n) is 9.11. The highest BCUT2D eigenvalue weighted by Crippen LogP contribution is 2.44. The summed E-state index contributed by atoms with van der Waals surface area (Å²) >= 11 is 1.38. The number of aliphatic hydroxyl groups is 1. The molecule has 1 aromatic carbocycles. The van der Waals surface area contributed by atoms with Crippen LogP contribution >= 0.6 is 11.3 Å². The summed E-state index contributed by atoms with van der Waals surface area (Å²) in [4.78, 5) is 14.0. The molecule has 0 aliphatic heterocycles. The Morgan fingerprint density at radius 3 is 2.19 bits per heavy atom. The number of amides is 1. The minimum atomic E-state index is -3.62. The summed E-state index contributed by atoms with van der Waals surface area (Å²) in [6.07, 6.45) is 4.98. The van der Waals surface area contributed by atoms with Crippen LogP contribution in [0.25, 0.3) is 0 Å². The van der Waals surface area contributed by atoms with Crippen molar-refractivity contribution in [1.82, 2.24) is 4.72 Å². The van der Waals surface area contributed by atoms with E-state index in [9.17, 15) is 18.3 Å². The van der Waals surface area contributed by atoms with Gasteiger partial charge in [-0.25, -0.2) is 13.1 Å². The van der Waals surface area contributed by atoms with Gasteiger partial charge in [-0.15, -0.1) is 11.3 Å². The Morgan fingerprint density at radius 2 is 1.69 bits per heavy atom. The molecule has 1 amide bonds. The fraction of sp³-hybridized carbons (Fsp3) is 0.560. The van der Waals surface area contributed by atoms with Gasteiger partial charge in [-0.05, 0) is 81.2 Å². The average molecular weight is 480 g/mol. The molecular formula is C25H37NO4S2. The number of thiophene rings is 1. The van der Waals surface area contributed by atoms with Crippen molar-refractivity contribution >= 4 is 27.3 Å². The van der Waals surface area contributed by atoms with E-state index >= 15 is 0 Å². The van der Waals surface area contributed by atoms with Crippen LogP contribution in [0.5, 0.6) is 0 Å². The largest absolute Gasteiger partial charge is 0.390 e. The summed E-state index contributed by atoms with van der Waals surface area (Å²) in [7, 11) is -3.62. The van der Waals surface area contributed by atoms with Gasteiger partial charge in [0.2, 0.25) is 10.0 Å². The number of nitrogens with one attached hydrogen (secondary N) is 1. The molecule has 2 rings (SSSR count). The first-order valence-electron chi connectivity index (χ1n) is 11.2. The standard InChI is InChI=1S/C25H37NO4S2/c1-8-24(6,28)14-13-19-11-12-20(15-17(19)4)25(9-2,10-3)21-16-18(5)22(31-21)23(27)26-32(7,29)30/h11-12,15-16,28H,8-10,13-14H2,1-7H3,(H,26,27). The summed E-state index contributed by atoms with van der Waals surface area (Å²) in [5, 5.41) is 10.4. The van der Waals surface area contributed by atoms with E-state index in [4.69, 9.17) is 0 Å². The zero-order valence-electron chi connectivity index (χ0n) is 20.3. The lowest BCUT2D eigenvalue weighted by molar-refractivity contribution is 0.0473. The summed E-state index contributed by atoms with van der Waals surface area (Å²) in [5.41, 5.74) is 3.51. The average Bonchev–Trinajstić information content (AvgIpc) is 3.09. The molecule has 5 nitrogen and oxygen atoms in total. The van der Waals surface area contributed by atoms with Gasteiger partial charge in [0.15, 0.2) is 0 Å². The third kappa shape index (κ3) is 6.00. The van der Waals surface area contributed by atoms with Gasteiger partial charge in [0, 0.05) is 10.3 Å². The Hall–Kier alpha value is -1.70. The predicted octanol–water partition coefficient (Wildman–Crippen LogP) is 5.25. The maximum atomic E-state index is 12.5. The number of benzene rings is 1. The van der Waals surface area contributed by atoms with E-state index in [-0.39, 0.29) is 5.41 Å². The van der Waals surface area contributed by atoms with Gasteiger partial charge in [0.1, 0.15) is 0 Å². The summed E-state index contributed by atoms with van der Waals surface area (Å²) in [5.74, 6) is -0.572. The molecule has 0 aliphatic carbocycles. The van der Waals surface area contributed by atoms with Gasteiger partial charge in [-0.3, -0.25) is 4.79 Å². The SMILES string of the molecule is CCC(C)(O)CCc1ccc(C(CC)(CC)c2cc(C)c(C(=O)NS(C)(=O)=O)s2)cc1C. The molecule has 1 aromatic heterocycles. The van der Waals surface area contributed by atoms with Gasteiger partial charge < -0.3 is 5.11 Å². The van der Waals surface area contributed by atoms with Crippen molar-refractivity contribution in [3.63, 3.8) is 0 Å². The molecule has 2 N–H and O–H groups in total. The first-order valence-corrected chi connectivity index (χ1v) is 13.9. The molecular weight excluding hydrogens is 442 g/mol. The normalized spacial score (nSPS) is 14.2. The van der Waals surface area contributed by atoms with E-state index in [0.717, 1.165) is 48.8 Å². The van der Waals surface area contributed by atoms with Crippen LogP contribution in [0.3, 0.4) is 0 Å². The number of sulfonamides is 1. The number of carbonyl (C=O) groups excluding carboxylic acids is 1. The number of hydrogen-bond acceptors (Lipinski definition) is 5.